The van der Waals surface area contributed by atoms with Crippen molar-refractivity contribution in [3.63, 3.8) is 0 Å². The molecule has 0 saturated heterocycles. The third-order valence-corrected chi connectivity index (χ3v) is 2.12. The number of carboxylic acid groups (broad SMARTS) is 1. The monoisotopic (exact) mass is 222 g/mol. The summed E-state index contributed by atoms with van der Waals surface area (Å²) in [6.07, 6.45) is 1.17. The Kier molecular flexibility index (Phi) is 4.44. The minimum atomic E-state index is -1.11. The van der Waals surface area contributed by atoms with Crippen LogP contribution in [0, 0.1) is 0 Å². The van der Waals surface area contributed by atoms with Gasteiger partial charge in [-0.3, -0.25) is 14.6 Å². The predicted molar refractivity (Wildman–Crippen MR) is 57.6 cm³/mol. The number of carboxylic acids is 1. The highest BCUT2D eigenvalue weighted by molar-refractivity contribution is 5.93. The van der Waals surface area contributed by atoms with Gasteiger partial charge in [0.05, 0.1) is 12.2 Å². The van der Waals surface area contributed by atoms with Crippen LogP contribution in [0.2, 0.25) is 0 Å². The van der Waals surface area contributed by atoms with E-state index < -0.39 is 12.4 Å². The van der Waals surface area contributed by atoms with Crippen LogP contribution in [0.3, 0.4) is 0 Å². The molecule has 0 bridgehead atoms. The Balaban J connectivity index is 2.62. The highest BCUT2D eigenvalue weighted by atomic mass is 16.4. The second-order valence-corrected chi connectivity index (χ2v) is 3.30. The van der Waals surface area contributed by atoms with Crippen LogP contribution in [0.5, 0.6) is 0 Å². The molecule has 5 heteroatoms. The van der Waals surface area contributed by atoms with Crippen LogP contribution in [-0.2, 0) is 16.1 Å². The van der Waals surface area contributed by atoms with Gasteiger partial charge in [-0.05, 0) is 19.1 Å². The lowest BCUT2D eigenvalue weighted by Crippen LogP contribution is -2.32. The van der Waals surface area contributed by atoms with Crippen LogP contribution in [0.1, 0.15) is 19.0 Å². The first-order valence-electron chi connectivity index (χ1n) is 5.03. The van der Waals surface area contributed by atoms with Gasteiger partial charge in [-0.25, -0.2) is 0 Å². The molecule has 0 aliphatic heterocycles. The number of aromatic nitrogens is 1. The van der Waals surface area contributed by atoms with Gasteiger partial charge in [-0.2, -0.15) is 0 Å². The van der Waals surface area contributed by atoms with E-state index >= 15 is 0 Å². The molecule has 0 aliphatic carbocycles. The molecule has 0 unspecified atom stereocenters. The topological polar surface area (TPSA) is 70.5 Å². The van der Waals surface area contributed by atoms with E-state index in [1.165, 1.54) is 4.90 Å². The van der Waals surface area contributed by atoms with Gasteiger partial charge >= 0.3 is 5.97 Å². The molecule has 0 aromatic carbocycles. The third kappa shape index (κ3) is 3.68. The standard InChI is InChI=1S/C11H14N2O3/c1-2-13(10(14)7-11(15)16)8-9-5-3-4-6-12-9/h3-6H,2,7-8H2,1H3,(H,15,16). The fraction of sp³-hybridized carbons (Fsp3) is 0.364. The van der Waals surface area contributed by atoms with Crippen LogP contribution >= 0.6 is 0 Å². The maximum Gasteiger partial charge on any atom is 0.312 e. The van der Waals surface area contributed by atoms with Crippen molar-refractivity contribution in [3.8, 4) is 0 Å². The van der Waals surface area contributed by atoms with E-state index in [-0.39, 0.29) is 5.91 Å². The molecule has 16 heavy (non-hydrogen) atoms. The van der Waals surface area contributed by atoms with Crippen LogP contribution in [-0.4, -0.2) is 33.4 Å². The molecule has 0 saturated carbocycles. The van der Waals surface area contributed by atoms with Crippen molar-refractivity contribution in [2.24, 2.45) is 0 Å². The lowest BCUT2D eigenvalue weighted by Gasteiger charge is -2.19. The van der Waals surface area contributed by atoms with Gasteiger partial charge in [0.15, 0.2) is 0 Å². The number of rotatable bonds is 5. The van der Waals surface area contributed by atoms with Gasteiger partial charge in [0, 0.05) is 12.7 Å². The van der Waals surface area contributed by atoms with Gasteiger partial charge in [-0.1, -0.05) is 6.07 Å². The molecule has 86 valence electrons. The number of carbonyl (C=O) groups excluding carboxylic acids is 1. The molecule has 1 aromatic rings. The number of aliphatic carboxylic acids is 1. The van der Waals surface area contributed by atoms with Crippen LogP contribution in [0.15, 0.2) is 24.4 Å². The summed E-state index contributed by atoms with van der Waals surface area (Å²) in [7, 11) is 0. The molecule has 1 aromatic heterocycles. The fourth-order valence-corrected chi connectivity index (χ4v) is 1.30. The zero-order valence-corrected chi connectivity index (χ0v) is 9.09. The van der Waals surface area contributed by atoms with E-state index in [9.17, 15) is 9.59 Å². The predicted octanol–water partition coefficient (Wildman–Crippen LogP) is 0.905. The largest absolute Gasteiger partial charge is 0.481 e. The van der Waals surface area contributed by atoms with Crippen LogP contribution in [0.25, 0.3) is 0 Å². The number of amides is 1. The fourth-order valence-electron chi connectivity index (χ4n) is 1.30. The van der Waals surface area contributed by atoms with Crippen LogP contribution < -0.4 is 0 Å². The Morgan fingerprint density at radius 3 is 2.69 bits per heavy atom. The summed E-state index contributed by atoms with van der Waals surface area (Å²) in [6.45, 7) is 2.63. The SMILES string of the molecule is CCN(Cc1ccccn1)C(=O)CC(=O)O. The van der Waals surface area contributed by atoms with E-state index in [4.69, 9.17) is 5.11 Å². The Hall–Kier alpha value is -1.91. The number of pyridine rings is 1. The molecule has 0 fully saturated rings. The van der Waals surface area contributed by atoms with Crippen molar-refractivity contribution in [3.05, 3.63) is 30.1 Å². The molecular weight excluding hydrogens is 208 g/mol. The second-order valence-electron chi connectivity index (χ2n) is 3.30. The summed E-state index contributed by atoms with van der Waals surface area (Å²) in [5.41, 5.74) is 0.753. The Bertz CT molecular complexity index is 365. The summed E-state index contributed by atoms with van der Waals surface area (Å²) in [6, 6.07) is 5.42. The molecule has 0 spiro atoms. The Morgan fingerprint density at radius 1 is 1.44 bits per heavy atom. The molecule has 0 atom stereocenters. The summed E-state index contributed by atoms with van der Waals surface area (Å²) in [5.74, 6) is -1.50. The van der Waals surface area contributed by atoms with Crippen molar-refractivity contribution in [2.75, 3.05) is 6.54 Å². The number of carbonyl (C=O) groups is 2. The lowest BCUT2D eigenvalue weighted by molar-refractivity contribution is -0.144. The summed E-state index contributed by atoms with van der Waals surface area (Å²) in [5, 5.41) is 8.53. The van der Waals surface area contributed by atoms with Gasteiger partial charge in [-0.15, -0.1) is 0 Å². The molecular formula is C11H14N2O3. The molecule has 1 amide bonds. The van der Waals surface area contributed by atoms with Gasteiger partial charge in [0.1, 0.15) is 6.42 Å². The van der Waals surface area contributed by atoms with Crippen molar-refractivity contribution in [2.45, 2.75) is 19.9 Å². The van der Waals surface area contributed by atoms with E-state index in [1.54, 1.807) is 18.3 Å². The zero-order valence-electron chi connectivity index (χ0n) is 9.09. The third-order valence-electron chi connectivity index (χ3n) is 2.12. The highest BCUT2D eigenvalue weighted by Gasteiger charge is 2.15. The average Bonchev–Trinajstić information content (AvgIpc) is 2.26. The molecule has 1 N–H and O–H groups in total. The van der Waals surface area contributed by atoms with Crippen molar-refractivity contribution in [1.82, 2.24) is 9.88 Å². The smallest absolute Gasteiger partial charge is 0.312 e. The van der Waals surface area contributed by atoms with Crippen molar-refractivity contribution in [1.29, 1.82) is 0 Å². The first-order valence-corrected chi connectivity index (χ1v) is 5.03. The van der Waals surface area contributed by atoms with Crippen molar-refractivity contribution < 1.29 is 14.7 Å². The molecule has 0 radical (unpaired) electrons. The highest BCUT2D eigenvalue weighted by Crippen LogP contribution is 2.03. The van der Waals surface area contributed by atoms with Crippen molar-refractivity contribution >= 4 is 11.9 Å². The zero-order chi connectivity index (χ0) is 12.0. The van der Waals surface area contributed by atoms with E-state index in [1.807, 2.05) is 13.0 Å². The van der Waals surface area contributed by atoms with E-state index in [2.05, 4.69) is 4.98 Å². The van der Waals surface area contributed by atoms with Gasteiger partial charge in [0.2, 0.25) is 5.91 Å². The maximum absolute atomic E-state index is 11.5. The first-order chi connectivity index (χ1) is 7.63. The quantitative estimate of drug-likeness (QED) is 0.751. The Labute approximate surface area is 93.7 Å². The summed E-state index contributed by atoms with van der Waals surface area (Å²) in [4.78, 5) is 27.5. The number of nitrogens with zero attached hydrogens (tertiary/aromatic N) is 2. The van der Waals surface area contributed by atoms with E-state index in [0.29, 0.717) is 13.1 Å². The number of hydrogen-bond donors (Lipinski definition) is 1. The first kappa shape index (κ1) is 12.2. The average molecular weight is 222 g/mol. The number of hydrogen-bond acceptors (Lipinski definition) is 3. The summed E-state index contributed by atoms with van der Waals surface area (Å²) >= 11 is 0. The molecule has 1 heterocycles. The van der Waals surface area contributed by atoms with Gasteiger partial charge < -0.3 is 10.0 Å². The maximum atomic E-state index is 11.5. The summed E-state index contributed by atoms with van der Waals surface area (Å²) < 4.78 is 0. The molecule has 5 nitrogen and oxygen atoms in total. The minimum absolute atomic E-state index is 0.351. The lowest BCUT2D eigenvalue weighted by atomic mass is 10.3. The second kappa shape index (κ2) is 5.85. The minimum Gasteiger partial charge on any atom is -0.481 e. The molecule has 1 rings (SSSR count). The van der Waals surface area contributed by atoms with E-state index in [0.717, 1.165) is 5.69 Å². The molecule has 0 aliphatic rings. The van der Waals surface area contributed by atoms with Gasteiger partial charge in [0.25, 0.3) is 0 Å². The van der Waals surface area contributed by atoms with Crippen LogP contribution in [0.4, 0.5) is 0 Å². The Morgan fingerprint density at radius 2 is 2.19 bits per heavy atom. The normalized spacial score (nSPS) is 9.81.